The first-order chi connectivity index (χ1) is 16.2. The maximum atomic E-state index is 13.0. The first-order valence-corrected chi connectivity index (χ1v) is 12.9. The Hall–Kier alpha value is -0.620. The fraction of sp³-hybridized carbons (Fsp3) is 0.562. The molecular formula is C32H46N2Na2O2. The fourth-order valence-electron chi connectivity index (χ4n) is 4.05. The minimum Gasteiger partial charge on any atom is -0.872 e. The van der Waals surface area contributed by atoms with Gasteiger partial charge in [-0.1, -0.05) is 119 Å². The van der Waals surface area contributed by atoms with E-state index in [2.05, 4.69) is 105 Å². The van der Waals surface area contributed by atoms with Gasteiger partial charge in [0, 0.05) is 12.4 Å². The van der Waals surface area contributed by atoms with Gasteiger partial charge in [-0.15, -0.1) is 0 Å². The predicted molar refractivity (Wildman–Crippen MR) is 151 cm³/mol. The molecule has 0 aromatic heterocycles. The molecule has 0 aliphatic rings. The fourth-order valence-corrected chi connectivity index (χ4v) is 4.05. The molecule has 6 heteroatoms. The van der Waals surface area contributed by atoms with Crippen molar-refractivity contribution in [3.05, 3.63) is 57.6 Å². The van der Waals surface area contributed by atoms with Crippen LogP contribution in [0.5, 0.6) is 11.5 Å². The standard InChI is InChI=1S/C32H48N2O2.2Na/c1-29(2,3)21-15-25(31(7,8)9)23(27(35)17-21)19-33-13-14-34-20-24-26(32(10,11)12)16-22(18-28(24)36)30(4,5)6;;/h15-20,35-36H,13-14H2,1-12H3;;/q;2*+1/p-2. The first-order valence-electron chi connectivity index (χ1n) is 12.9. The molecule has 0 N–H and O–H groups in total. The summed E-state index contributed by atoms with van der Waals surface area (Å²) < 4.78 is 0. The molecule has 198 valence electrons. The minimum absolute atomic E-state index is 0. The third-order valence-corrected chi connectivity index (χ3v) is 6.43. The number of nitrogens with zero attached hydrogens (tertiary/aromatic N) is 2. The molecule has 0 unspecified atom stereocenters. The van der Waals surface area contributed by atoms with Crippen LogP contribution in [0.4, 0.5) is 0 Å². The van der Waals surface area contributed by atoms with E-state index in [0.717, 1.165) is 22.3 Å². The molecule has 0 atom stereocenters. The van der Waals surface area contributed by atoms with E-state index in [0.29, 0.717) is 24.2 Å². The van der Waals surface area contributed by atoms with Crippen LogP contribution in [0.1, 0.15) is 116 Å². The van der Waals surface area contributed by atoms with Gasteiger partial charge in [0.25, 0.3) is 0 Å². The average Bonchev–Trinajstić information content (AvgIpc) is 2.68. The van der Waals surface area contributed by atoms with E-state index in [1.807, 2.05) is 0 Å². The molecule has 0 heterocycles. The van der Waals surface area contributed by atoms with Crippen molar-refractivity contribution in [1.82, 2.24) is 0 Å². The van der Waals surface area contributed by atoms with Crippen molar-refractivity contribution in [2.75, 3.05) is 13.1 Å². The minimum atomic E-state index is -0.174. The summed E-state index contributed by atoms with van der Waals surface area (Å²) in [5.74, 6) is 0.00806. The Balaban J connectivity index is 0.00000684. The molecule has 4 nitrogen and oxygen atoms in total. The van der Waals surface area contributed by atoms with Crippen molar-refractivity contribution in [3.8, 4) is 11.5 Å². The van der Waals surface area contributed by atoms with Gasteiger partial charge in [0.1, 0.15) is 0 Å². The van der Waals surface area contributed by atoms with E-state index in [4.69, 9.17) is 0 Å². The zero-order valence-corrected chi connectivity index (χ0v) is 30.6. The summed E-state index contributed by atoms with van der Waals surface area (Å²) in [5, 5.41) is 25.9. The summed E-state index contributed by atoms with van der Waals surface area (Å²) >= 11 is 0. The molecule has 0 aliphatic heterocycles. The van der Waals surface area contributed by atoms with E-state index >= 15 is 0 Å². The molecule has 2 rings (SSSR count). The summed E-state index contributed by atoms with van der Waals surface area (Å²) in [7, 11) is 0. The molecular weight excluding hydrogens is 490 g/mol. The molecule has 0 radical (unpaired) electrons. The van der Waals surface area contributed by atoms with Gasteiger partial charge >= 0.3 is 59.1 Å². The molecule has 0 saturated heterocycles. The van der Waals surface area contributed by atoms with Crippen molar-refractivity contribution in [3.63, 3.8) is 0 Å². The Labute approximate surface area is 276 Å². The zero-order valence-electron chi connectivity index (χ0n) is 26.6. The largest absolute Gasteiger partial charge is 1.00 e. The van der Waals surface area contributed by atoms with E-state index in [-0.39, 0.29) is 92.3 Å². The van der Waals surface area contributed by atoms with Gasteiger partial charge in [0.2, 0.25) is 0 Å². The van der Waals surface area contributed by atoms with Crippen LogP contribution in [0.25, 0.3) is 0 Å². The van der Waals surface area contributed by atoms with Gasteiger partial charge in [-0.2, -0.15) is 0 Å². The second-order valence-corrected chi connectivity index (χ2v) is 13.9. The van der Waals surface area contributed by atoms with Crippen molar-refractivity contribution in [2.24, 2.45) is 9.98 Å². The van der Waals surface area contributed by atoms with E-state index in [9.17, 15) is 10.2 Å². The summed E-state index contributed by atoms with van der Waals surface area (Å²) in [6, 6.07) is 7.76. The van der Waals surface area contributed by atoms with Crippen LogP contribution in [0.3, 0.4) is 0 Å². The SMILES string of the molecule is CC(C)(C)c1cc([O-])c(C=NCCN=Cc2c([O-])cc(C(C)(C)C)cc2C(C)(C)C)c(C(C)(C)C)c1.[Na+].[Na+]. The number of rotatable bonds is 5. The Kier molecular flexibility index (Phi) is 13.6. The topological polar surface area (TPSA) is 70.8 Å². The molecule has 0 aliphatic carbocycles. The van der Waals surface area contributed by atoms with Crippen molar-refractivity contribution < 1.29 is 69.3 Å². The molecule has 0 fully saturated rings. The Morgan fingerprint density at radius 3 is 1.05 bits per heavy atom. The second-order valence-electron chi connectivity index (χ2n) is 13.9. The molecule has 2 aromatic rings. The van der Waals surface area contributed by atoms with Crippen LogP contribution < -0.4 is 69.3 Å². The number of hydrogen-bond donors (Lipinski definition) is 0. The summed E-state index contributed by atoms with van der Waals surface area (Å²) in [6.45, 7) is 26.3. The van der Waals surface area contributed by atoms with Crippen LogP contribution in [-0.2, 0) is 21.7 Å². The van der Waals surface area contributed by atoms with Gasteiger partial charge in [-0.05, 0) is 55.0 Å². The molecule has 0 saturated carbocycles. The molecule has 0 bridgehead atoms. The first kappa shape index (κ1) is 37.4. The third-order valence-electron chi connectivity index (χ3n) is 6.43. The normalized spacial score (nSPS) is 13.1. The molecule has 0 spiro atoms. The molecule has 2 aromatic carbocycles. The summed E-state index contributed by atoms with van der Waals surface area (Å²) in [4.78, 5) is 9.05. The number of hydrogen-bond acceptors (Lipinski definition) is 4. The van der Waals surface area contributed by atoms with E-state index < -0.39 is 0 Å². The van der Waals surface area contributed by atoms with Crippen LogP contribution in [-0.4, -0.2) is 25.5 Å². The van der Waals surface area contributed by atoms with Gasteiger partial charge in [-0.25, -0.2) is 0 Å². The van der Waals surface area contributed by atoms with Crippen LogP contribution in [0.15, 0.2) is 34.3 Å². The average molecular weight is 537 g/mol. The Bertz CT molecular complexity index is 1050. The second kappa shape index (κ2) is 13.8. The molecule has 0 amide bonds. The van der Waals surface area contributed by atoms with Gasteiger partial charge in [0.15, 0.2) is 0 Å². The Morgan fingerprint density at radius 1 is 0.526 bits per heavy atom. The van der Waals surface area contributed by atoms with E-state index in [1.54, 1.807) is 24.6 Å². The van der Waals surface area contributed by atoms with Gasteiger partial charge in [-0.3, -0.25) is 9.98 Å². The van der Waals surface area contributed by atoms with Crippen LogP contribution >= 0.6 is 0 Å². The van der Waals surface area contributed by atoms with Crippen molar-refractivity contribution in [1.29, 1.82) is 0 Å². The maximum absolute atomic E-state index is 13.0. The third kappa shape index (κ3) is 10.1. The van der Waals surface area contributed by atoms with Crippen molar-refractivity contribution >= 4 is 12.4 Å². The maximum Gasteiger partial charge on any atom is 1.00 e. The van der Waals surface area contributed by atoms with Crippen LogP contribution in [0, 0.1) is 0 Å². The quantitative estimate of drug-likeness (QED) is 0.319. The zero-order chi connectivity index (χ0) is 27.7. The summed E-state index contributed by atoms with van der Waals surface area (Å²) in [6.07, 6.45) is 3.39. The monoisotopic (exact) mass is 536 g/mol. The van der Waals surface area contributed by atoms with E-state index in [1.165, 1.54) is 0 Å². The summed E-state index contributed by atoms with van der Waals surface area (Å²) in [5.41, 5.74) is 4.86. The number of benzene rings is 2. The van der Waals surface area contributed by atoms with Gasteiger partial charge < -0.3 is 10.2 Å². The predicted octanol–water partition coefficient (Wildman–Crippen LogP) is 0.570. The Morgan fingerprint density at radius 2 is 0.816 bits per heavy atom. The smallest absolute Gasteiger partial charge is 0.872 e. The molecule has 38 heavy (non-hydrogen) atoms. The number of aliphatic imine (C=N–C) groups is 2. The van der Waals surface area contributed by atoms with Gasteiger partial charge in [0.05, 0.1) is 13.1 Å². The van der Waals surface area contributed by atoms with Crippen LogP contribution in [0.2, 0.25) is 0 Å². The van der Waals surface area contributed by atoms with Crippen molar-refractivity contribution in [2.45, 2.75) is 105 Å².